The largest absolute Gasteiger partial charge is 0.461 e. The molecule has 4 rings (SSSR count). The zero-order valence-corrected chi connectivity index (χ0v) is 20.4. The van der Waals surface area contributed by atoms with Crippen molar-refractivity contribution in [2.75, 3.05) is 0 Å². The summed E-state index contributed by atoms with van der Waals surface area (Å²) in [4.78, 5) is 24.2. The Morgan fingerprint density at radius 3 is 2.23 bits per heavy atom. The third kappa shape index (κ3) is 6.52. The van der Waals surface area contributed by atoms with Crippen molar-refractivity contribution in [2.45, 2.75) is 43.4 Å². The number of nitrogens with one attached hydrogen (secondary N) is 2. The van der Waals surface area contributed by atoms with E-state index in [4.69, 9.17) is 0 Å². The Morgan fingerprint density at radius 2 is 1.62 bits per heavy atom. The van der Waals surface area contributed by atoms with Crippen LogP contribution >= 0.6 is 0 Å². The number of carbonyl (C=O) groups is 2. The molecule has 2 amide bonds. The third-order valence-corrected chi connectivity index (χ3v) is 6.55. The van der Waals surface area contributed by atoms with Crippen molar-refractivity contribution in [1.82, 2.24) is 10.6 Å². The number of hydrogen-bond acceptors (Lipinski definition) is 3. The molecule has 1 unspecified atom stereocenters. The van der Waals surface area contributed by atoms with Gasteiger partial charge in [0.2, 0.25) is 0 Å². The van der Waals surface area contributed by atoms with E-state index in [0.29, 0.717) is 24.5 Å². The highest BCUT2D eigenvalue weighted by atomic mass is 19.3. The van der Waals surface area contributed by atoms with Gasteiger partial charge < -0.3 is 20.2 Å². The van der Waals surface area contributed by atoms with Crippen molar-refractivity contribution in [2.24, 2.45) is 5.92 Å². The number of ether oxygens (including phenoxy) is 1. The van der Waals surface area contributed by atoms with Gasteiger partial charge >= 0.3 is 18.6 Å². The summed E-state index contributed by atoms with van der Waals surface area (Å²) >= 11 is 0. The molecule has 0 spiro atoms. The van der Waals surface area contributed by atoms with E-state index in [1.54, 1.807) is 30.3 Å². The van der Waals surface area contributed by atoms with Crippen LogP contribution in [0.3, 0.4) is 0 Å². The van der Waals surface area contributed by atoms with Gasteiger partial charge in [0.1, 0.15) is 23.7 Å². The highest BCUT2D eigenvalue weighted by Crippen LogP contribution is 2.38. The molecule has 11 heteroatoms. The van der Waals surface area contributed by atoms with E-state index >= 15 is 0 Å². The summed E-state index contributed by atoms with van der Waals surface area (Å²) in [7, 11) is 0. The Hall–Kier alpha value is -4.02. The fraction of sp³-hybridized carbons (Fsp3) is 0.286. The molecule has 0 radical (unpaired) electrons. The number of rotatable bonds is 10. The van der Waals surface area contributed by atoms with E-state index in [9.17, 15) is 35.9 Å². The molecule has 0 heterocycles. The lowest BCUT2D eigenvalue weighted by Crippen LogP contribution is -2.56. The van der Waals surface area contributed by atoms with E-state index in [1.807, 2.05) is 0 Å². The smallest absolute Gasteiger partial charge is 0.428 e. The summed E-state index contributed by atoms with van der Waals surface area (Å²) in [6.07, 6.45) is -7.54. The number of urea groups is 1. The molecule has 1 atom stereocenters. The second-order valence-corrected chi connectivity index (χ2v) is 9.38. The lowest BCUT2D eigenvalue weighted by molar-refractivity contribution is -0.253. The molecule has 0 aromatic heterocycles. The van der Waals surface area contributed by atoms with Crippen LogP contribution < -0.4 is 15.4 Å². The summed E-state index contributed by atoms with van der Waals surface area (Å²) in [5.74, 6) is -2.79. The maximum absolute atomic E-state index is 14.8. The molecular formula is C28H24F6N2O3. The summed E-state index contributed by atoms with van der Waals surface area (Å²) in [5, 5.41) is 5.51. The number of benzene rings is 3. The van der Waals surface area contributed by atoms with Crippen molar-refractivity contribution in [1.29, 1.82) is 0 Å². The summed E-state index contributed by atoms with van der Waals surface area (Å²) in [5.41, 5.74) is -0.948. The third-order valence-electron chi connectivity index (χ3n) is 6.55. The quantitative estimate of drug-likeness (QED) is 0.242. The average Bonchev–Trinajstić information content (AvgIpc) is 2.86. The van der Waals surface area contributed by atoms with Crippen molar-refractivity contribution >= 4 is 12.3 Å². The van der Waals surface area contributed by atoms with E-state index in [-0.39, 0.29) is 29.5 Å². The van der Waals surface area contributed by atoms with Crippen LogP contribution in [0.4, 0.5) is 31.1 Å². The predicted molar refractivity (Wildman–Crippen MR) is 130 cm³/mol. The zero-order valence-electron chi connectivity index (χ0n) is 20.4. The second-order valence-electron chi connectivity index (χ2n) is 9.38. The molecule has 1 saturated carbocycles. The van der Waals surface area contributed by atoms with Gasteiger partial charge in [0.15, 0.2) is 0 Å². The van der Waals surface area contributed by atoms with Crippen LogP contribution in [-0.2, 0) is 16.8 Å². The summed E-state index contributed by atoms with van der Waals surface area (Å²) in [6.45, 7) is 0. The van der Waals surface area contributed by atoms with Crippen LogP contribution in [0.1, 0.15) is 29.5 Å². The van der Waals surface area contributed by atoms with Gasteiger partial charge in [-0.25, -0.2) is 13.6 Å². The lowest BCUT2D eigenvalue weighted by atomic mass is 9.77. The first-order chi connectivity index (χ1) is 18.5. The molecule has 3 aromatic rings. The van der Waals surface area contributed by atoms with Crippen LogP contribution in [0.2, 0.25) is 0 Å². The van der Waals surface area contributed by atoms with Crippen molar-refractivity contribution in [3.05, 3.63) is 101 Å². The Bertz CT molecular complexity index is 1300. The maximum atomic E-state index is 14.8. The van der Waals surface area contributed by atoms with E-state index in [0.717, 1.165) is 30.6 Å². The maximum Gasteiger partial charge on any atom is 0.461 e. The van der Waals surface area contributed by atoms with E-state index in [2.05, 4.69) is 15.4 Å². The fourth-order valence-electron chi connectivity index (χ4n) is 4.57. The topological polar surface area (TPSA) is 67.4 Å². The molecule has 0 saturated heterocycles. The minimum absolute atomic E-state index is 0.0668. The lowest BCUT2D eigenvalue weighted by Gasteiger charge is -2.39. The van der Waals surface area contributed by atoms with Crippen LogP contribution in [-0.4, -0.2) is 30.9 Å². The van der Waals surface area contributed by atoms with Gasteiger partial charge in [-0.3, -0.25) is 0 Å². The van der Waals surface area contributed by atoms with Crippen LogP contribution in [0, 0.1) is 17.6 Å². The predicted octanol–water partition coefficient (Wildman–Crippen LogP) is 5.96. The zero-order chi connectivity index (χ0) is 28.2. The minimum Gasteiger partial charge on any atom is -0.428 e. The monoisotopic (exact) mass is 550 g/mol. The molecule has 0 aliphatic heterocycles. The molecule has 1 fully saturated rings. The SMILES string of the molecule is O=CC1CC(NC(=O)NC(Cc2ccccc2)(c2ccc(F)cc2)c2cc(F)cc(OC(F)(F)C(F)F)c2)C1. The molecule has 3 aromatic carbocycles. The van der Waals surface area contributed by atoms with Crippen molar-refractivity contribution in [3.8, 4) is 5.75 Å². The molecule has 39 heavy (non-hydrogen) atoms. The Balaban J connectivity index is 1.83. The number of carbonyl (C=O) groups excluding carboxylic acids is 2. The first kappa shape index (κ1) is 28.0. The van der Waals surface area contributed by atoms with Gasteiger partial charge in [-0.15, -0.1) is 0 Å². The number of halogens is 6. The fourth-order valence-corrected chi connectivity index (χ4v) is 4.57. The second kappa shape index (κ2) is 11.4. The van der Waals surface area contributed by atoms with Gasteiger partial charge in [-0.2, -0.15) is 17.6 Å². The molecule has 1 aliphatic rings. The van der Waals surface area contributed by atoms with Gasteiger partial charge in [-0.1, -0.05) is 42.5 Å². The summed E-state index contributed by atoms with van der Waals surface area (Å²) in [6, 6.07) is 14.8. The highest BCUT2D eigenvalue weighted by Gasteiger charge is 2.45. The van der Waals surface area contributed by atoms with Gasteiger partial charge in [0.25, 0.3) is 0 Å². The first-order valence-electron chi connectivity index (χ1n) is 12.0. The minimum atomic E-state index is -4.91. The first-order valence-corrected chi connectivity index (χ1v) is 12.0. The molecule has 0 bridgehead atoms. The van der Waals surface area contributed by atoms with Gasteiger partial charge in [0.05, 0.1) is 5.54 Å². The molecule has 206 valence electrons. The Labute approximate surface area is 220 Å². The standard InChI is InChI=1S/C28H24F6N2O3/c29-21-8-6-19(7-9-21)27(15-17-4-2-1-3-5-17,36-26(38)35-23-10-18(11-23)16-37)20-12-22(30)14-24(13-20)39-28(33,34)25(31)32/h1-9,12-14,16,18,23,25H,10-11,15H2,(H2,35,36,38). The molecule has 2 N–H and O–H groups in total. The van der Waals surface area contributed by atoms with Crippen LogP contribution in [0.5, 0.6) is 5.75 Å². The van der Waals surface area contributed by atoms with Gasteiger partial charge in [-0.05, 0) is 53.8 Å². The average molecular weight is 550 g/mol. The Kier molecular flexibility index (Phi) is 8.17. The number of aldehydes is 1. The van der Waals surface area contributed by atoms with Gasteiger partial charge in [0, 0.05) is 24.4 Å². The van der Waals surface area contributed by atoms with Crippen molar-refractivity contribution in [3.63, 3.8) is 0 Å². The van der Waals surface area contributed by atoms with E-state index < -0.39 is 41.5 Å². The molecule has 5 nitrogen and oxygen atoms in total. The Morgan fingerprint density at radius 1 is 0.949 bits per heavy atom. The van der Waals surface area contributed by atoms with E-state index in [1.165, 1.54) is 12.1 Å². The summed E-state index contributed by atoms with van der Waals surface area (Å²) < 4.78 is 85.9. The van der Waals surface area contributed by atoms with Crippen LogP contribution in [0.15, 0.2) is 72.8 Å². The number of alkyl halides is 4. The van der Waals surface area contributed by atoms with Crippen molar-refractivity contribution < 1.29 is 40.7 Å². The highest BCUT2D eigenvalue weighted by molar-refractivity contribution is 5.77. The number of hydrogen-bond donors (Lipinski definition) is 2. The molecular weight excluding hydrogens is 526 g/mol. The molecule has 1 aliphatic carbocycles. The normalized spacial score (nSPS) is 18.5. The number of amides is 2. The van der Waals surface area contributed by atoms with Crippen LogP contribution in [0.25, 0.3) is 0 Å².